The normalized spacial score (nSPS) is 20.0. The van der Waals surface area contributed by atoms with Gasteiger partial charge in [0.15, 0.2) is 5.69 Å². The number of methoxy groups -OCH3 is 2. The van der Waals surface area contributed by atoms with E-state index in [1.165, 1.54) is 0 Å². The zero-order chi connectivity index (χ0) is 19.7. The minimum atomic E-state index is -0.864. The molecule has 1 unspecified atom stereocenters. The number of rotatable bonds is 4. The smallest absolute Gasteiger partial charge is 0.276 e. The van der Waals surface area contributed by atoms with Crippen molar-refractivity contribution in [2.75, 3.05) is 33.9 Å². The van der Waals surface area contributed by atoms with E-state index >= 15 is 0 Å². The van der Waals surface area contributed by atoms with E-state index in [9.17, 15) is 9.90 Å². The van der Waals surface area contributed by atoms with Gasteiger partial charge in [-0.25, -0.2) is 4.68 Å². The largest absolute Gasteiger partial charge is 0.496 e. The van der Waals surface area contributed by atoms with Crippen molar-refractivity contribution in [2.45, 2.75) is 31.5 Å². The van der Waals surface area contributed by atoms with Crippen LogP contribution in [0.4, 0.5) is 0 Å². The number of nitrogens with one attached hydrogen (secondary N) is 1. The molecule has 2 aromatic rings. The van der Waals surface area contributed by atoms with Crippen LogP contribution < -0.4 is 14.8 Å². The second-order valence-electron chi connectivity index (χ2n) is 7.13. The summed E-state index contributed by atoms with van der Waals surface area (Å²) in [4.78, 5) is 14.6. The van der Waals surface area contributed by atoms with Crippen molar-refractivity contribution in [3.63, 3.8) is 0 Å². The predicted molar refractivity (Wildman–Crippen MR) is 100 cm³/mol. The first-order valence-electron chi connectivity index (χ1n) is 9.46. The highest BCUT2D eigenvalue weighted by Gasteiger charge is 2.33. The number of piperidine rings is 1. The summed E-state index contributed by atoms with van der Waals surface area (Å²) < 4.78 is 12.6. The number of aliphatic hydroxyl groups excluding tert-OH is 1. The van der Waals surface area contributed by atoms with Gasteiger partial charge in [-0.3, -0.25) is 4.79 Å². The molecule has 0 spiro atoms. The highest BCUT2D eigenvalue weighted by atomic mass is 16.5. The lowest BCUT2D eigenvalue weighted by Crippen LogP contribution is -2.38. The Hall–Kier alpha value is -2.65. The van der Waals surface area contributed by atoms with Crippen molar-refractivity contribution < 1.29 is 19.4 Å². The second kappa shape index (κ2) is 7.76. The summed E-state index contributed by atoms with van der Waals surface area (Å²) in [5.41, 5.74) is 1.71. The van der Waals surface area contributed by atoms with Gasteiger partial charge in [-0.05, 0) is 38.1 Å². The summed E-state index contributed by atoms with van der Waals surface area (Å²) in [7, 11) is 3.13. The number of carbonyl (C=O) groups excluding carboxylic acids is 1. The molecule has 28 heavy (non-hydrogen) atoms. The van der Waals surface area contributed by atoms with Crippen molar-refractivity contribution in [3.8, 4) is 11.5 Å². The summed E-state index contributed by atoms with van der Waals surface area (Å²) in [5, 5.41) is 22.3. The quantitative estimate of drug-likeness (QED) is 0.804. The Bertz CT molecular complexity index is 862. The summed E-state index contributed by atoms with van der Waals surface area (Å²) >= 11 is 0. The zero-order valence-electron chi connectivity index (χ0n) is 16.1. The number of nitrogens with zero attached hydrogens (tertiary/aromatic N) is 4. The Morgan fingerprint density at radius 1 is 1.21 bits per heavy atom. The number of hydrogen-bond acceptors (Lipinski definition) is 7. The van der Waals surface area contributed by atoms with Gasteiger partial charge in [0.25, 0.3) is 5.91 Å². The molecule has 2 aliphatic rings. The Morgan fingerprint density at radius 2 is 1.93 bits per heavy atom. The Labute approximate surface area is 163 Å². The average Bonchev–Trinajstić information content (AvgIpc) is 3.23. The fraction of sp³-hybridized carbons (Fsp3) is 0.526. The van der Waals surface area contributed by atoms with E-state index in [4.69, 9.17) is 9.47 Å². The molecule has 1 fully saturated rings. The van der Waals surface area contributed by atoms with Gasteiger partial charge in [0, 0.05) is 11.1 Å². The number of carbonyl (C=O) groups is 1. The van der Waals surface area contributed by atoms with Crippen LogP contribution in [0.3, 0.4) is 0 Å². The van der Waals surface area contributed by atoms with E-state index in [-0.39, 0.29) is 24.2 Å². The number of benzene rings is 1. The van der Waals surface area contributed by atoms with E-state index in [0.29, 0.717) is 23.6 Å². The lowest BCUT2D eigenvalue weighted by Gasteiger charge is -2.33. The number of hydrogen-bond donors (Lipinski definition) is 2. The first kappa shape index (κ1) is 18.7. The van der Waals surface area contributed by atoms with E-state index in [1.807, 2.05) is 0 Å². The molecular weight excluding hydrogens is 362 g/mol. The maximum atomic E-state index is 13.0. The predicted octanol–water partition coefficient (Wildman–Crippen LogP) is 0.909. The molecule has 4 rings (SSSR count). The maximum Gasteiger partial charge on any atom is 0.276 e. The fourth-order valence-corrected chi connectivity index (χ4v) is 4.02. The molecule has 3 heterocycles. The van der Waals surface area contributed by atoms with Gasteiger partial charge < -0.3 is 24.8 Å². The Morgan fingerprint density at radius 3 is 2.64 bits per heavy atom. The molecule has 2 aliphatic heterocycles. The molecule has 1 amide bonds. The van der Waals surface area contributed by atoms with Crippen molar-refractivity contribution in [2.24, 2.45) is 0 Å². The van der Waals surface area contributed by atoms with Crippen LogP contribution in [0.25, 0.3) is 0 Å². The highest BCUT2D eigenvalue weighted by Crippen LogP contribution is 2.39. The molecule has 1 aromatic heterocycles. The number of ether oxygens (including phenoxy) is 2. The minimum Gasteiger partial charge on any atom is -0.496 e. The standard InChI is InChI=1S/C19H25N5O4/c1-27-16-3-4-17(28-2)18-13(16)9-23(11-15(18)25)19(26)14-10-24(22-21-14)12-5-7-20-8-6-12/h3-4,10,12,15,20,25H,5-9,11H2,1-2H3. The van der Waals surface area contributed by atoms with E-state index in [1.54, 1.807) is 42.1 Å². The maximum absolute atomic E-state index is 13.0. The first-order valence-corrected chi connectivity index (χ1v) is 9.46. The van der Waals surface area contributed by atoms with Crippen LogP contribution in [-0.2, 0) is 6.54 Å². The molecule has 0 aliphatic carbocycles. The number of aromatic nitrogens is 3. The van der Waals surface area contributed by atoms with Crippen LogP contribution in [0.15, 0.2) is 18.3 Å². The molecular formula is C19H25N5O4. The molecule has 1 atom stereocenters. The lowest BCUT2D eigenvalue weighted by molar-refractivity contribution is 0.0533. The van der Waals surface area contributed by atoms with Crippen LogP contribution in [0.1, 0.15) is 46.6 Å². The Kier molecular flexibility index (Phi) is 5.19. The number of fused-ring (bicyclic) bond motifs is 1. The monoisotopic (exact) mass is 387 g/mol. The number of aliphatic hydroxyl groups is 1. The van der Waals surface area contributed by atoms with E-state index in [0.717, 1.165) is 31.5 Å². The van der Waals surface area contributed by atoms with Gasteiger partial charge in [0.05, 0.1) is 39.5 Å². The van der Waals surface area contributed by atoms with Gasteiger partial charge >= 0.3 is 0 Å². The van der Waals surface area contributed by atoms with Gasteiger partial charge in [-0.2, -0.15) is 0 Å². The second-order valence-corrected chi connectivity index (χ2v) is 7.13. The minimum absolute atomic E-state index is 0.162. The first-order chi connectivity index (χ1) is 13.6. The molecule has 0 bridgehead atoms. The molecule has 1 aromatic carbocycles. The molecule has 0 radical (unpaired) electrons. The lowest BCUT2D eigenvalue weighted by atomic mass is 9.95. The van der Waals surface area contributed by atoms with Gasteiger partial charge in [-0.15, -0.1) is 5.10 Å². The summed E-state index contributed by atoms with van der Waals surface area (Å²) in [6, 6.07) is 3.81. The molecule has 2 N–H and O–H groups in total. The number of amides is 1. The molecule has 9 nitrogen and oxygen atoms in total. The summed E-state index contributed by atoms with van der Waals surface area (Å²) in [5.74, 6) is 0.952. The Balaban J connectivity index is 1.58. The topological polar surface area (TPSA) is 102 Å². The third-order valence-electron chi connectivity index (χ3n) is 5.49. The highest BCUT2D eigenvalue weighted by molar-refractivity contribution is 5.92. The van der Waals surface area contributed by atoms with Crippen LogP contribution in [0.2, 0.25) is 0 Å². The fourth-order valence-electron chi connectivity index (χ4n) is 4.02. The van der Waals surface area contributed by atoms with Gasteiger partial charge in [0.2, 0.25) is 0 Å². The van der Waals surface area contributed by atoms with Gasteiger partial charge in [0.1, 0.15) is 17.6 Å². The van der Waals surface area contributed by atoms with Crippen molar-refractivity contribution in [3.05, 3.63) is 35.2 Å². The third kappa shape index (κ3) is 3.31. The molecule has 1 saturated heterocycles. The summed E-state index contributed by atoms with van der Waals surface area (Å²) in [6.45, 7) is 2.34. The van der Waals surface area contributed by atoms with Gasteiger partial charge in [-0.1, -0.05) is 5.21 Å². The van der Waals surface area contributed by atoms with Crippen molar-refractivity contribution in [1.82, 2.24) is 25.2 Å². The van der Waals surface area contributed by atoms with Crippen molar-refractivity contribution >= 4 is 5.91 Å². The zero-order valence-corrected chi connectivity index (χ0v) is 16.1. The van der Waals surface area contributed by atoms with Crippen LogP contribution in [-0.4, -0.2) is 64.8 Å². The van der Waals surface area contributed by atoms with Crippen LogP contribution in [0, 0.1) is 0 Å². The third-order valence-corrected chi connectivity index (χ3v) is 5.49. The molecule has 150 valence electrons. The molecule has 9 heteroatoms. The number of β-amino-alcohol motifs (C(OH)–C–C–N with tert-alkyl or cyclic N) is 1. The van der Waals surface area contributed by atoms with Crippen molar-refractivity contribution in [1.29, 1.82) is 0 Å². The molecule has 0 saturated carbocycles. The van der Waals surface area contributed by atoms with Crippen LogP contribution in [0.5, 0.6) is 11.5 Å². The van der Waals surface area contributed by atoms with Crippen LogP contribution >= 0.6 is 0 Å². The average molecular weight is 387 g/mol. The SMILES string of the molecule is COc1ccc(OC)c2c1CN(C(=O)c1cn(C3CCNCC3)nn1)CC2O. The van der Waals surface area contributed by atoms with E-state index < -0.39 is 6.10 Å². The van der Waals surface area contributed by atoms with E-state index in [2.05, 4.69) is 15.6 Å². The summed E-state index contributed by atoms with van der Waals surface area (Å²) in [6.07, 6.45) is 2.77.